The molecule has 2 N–H and O–H groups in total. The summed E-state index contributed by atoms with van der Waals surface area (Å²) < 4.78 is 0. The minimum absolute atomic E-state index is 0.218. The first-order chi connectivity index (χ1) is 9.33. The van der Waals surface area contributed by atoms with E-state index in [2.05, 4.69) is 30.3 Å². The number of hydrogen-bond acceptors (Lipinski definition) is 1. The maximum Gasteiger partial charge on any atom is 0.0303 e. The number of rotatable bonds is 3. The first-order valence-corrected chi connectivity index (χ1v) is 7.62. The Labute approximate surface area is 114 Å². The predicted octanol–water partition coefficient (Wildman–Crippen LogP) is 4.13. The lowest BCUT2D eigenvalue weighted by molar-refractivity contribution is 0.278. The fourth-order valence-electron chi connectivity index (χ4n) is 3.81. The van der Waals surface area contributed by atoms with Gasteiger partial charge in [-0.25, -0.2) is 0 Å². The molecule has 98 valence electrons. The average molecular weight is 251 g/mol. The number of aryl methyl sites for hydroxylation is 2. The van der Waals surface area contributed by atoms with Crippen LogP contribution < -0.4 is 5.73 Å². The van der Waals surface area contributed by atoms with Gasteiger partial charge >= 0.3 is 0 Å². The molecule has 2 aromatic rings. The Balaban J connectivity index is 1.77. The second kappa shape index (κ2) is 4.35. The summed E-state index contributed by atoms with van der Waals surface area (Å²) in [6, 6.07) is 11.6. The molecular formula is C18H21N. The lowest BCUT2D eigenvalue weighted by Crippen LogP contribution is -2.20. The first kappa shape index (κ1) is 11.5. The van der Waals surface area contributed by atoms with Crippen molar-refractivity contribution in [3.8, 4) is 0 Å². The van der Waals surface area contributed by atoms with Crippen LogP contribution in [0.4, 0.5) is 0 Å². The Morgan fingerprint density at radius 2 is 1.84 bits per heavy atom. The molecule has 0 saturated heterocycles. The highest BCUT2D eigenvalue weighted by Crippen LogP contribution is 2.38. The van der Waals surface area contributed by atoms with Gasteiger partial charge in [0.25, 0.3) is 0 Å². The molecule has 4 rings (SSSR count). The topological polar surface area (TPSA) is 26.0 Å². The third-order valence-electron chi connectivity index (χ3n) is 5.12. The molecule has 19 heavy (non-hydrogen) atoms. The van der Waals surface area contributed by atoms with E-state index >= 15 is 0 Å². The van der Waals surface area contributed by atoms with E-state index in [1.807, 2.05) is 0 Å². The standard InChI is InChI=1S/C18H21N/c19-17(11-12-3-1-4-12)15-10-9-14-8-7-13-5-2-6-16(15)18(13)14/h2,5-6,9-10,12,17H,1,3-4,7-8,11,19H2. The maximum atomic E-state index is 6.49. The van der Waals surface area contributed by atoms with Gasteiger partial charge in [0, 0.05) is 6.04 Å². The highest BCUT2D eigenvalue weighted by atomic mass is 14.6. The van der Waals surface area contributed by atoms with Crippen LogP contribution in [0.25, 0.3) is 10.8 Å². The summed E-state index contributed by atoms with van der Waals surface area (Å²) >= 11 is 0. The van der Waals surface area contributed by atoms with Crippen molar-refractivity contribution in [1.82, 2.24) is 0 Å². The van der Waals surface area contributed by atoms with E-state index in [4.69, 9.17) is 5.73 Å². The zero-order valence-corrected chi connectivity index (χ0v) is 11.4. The van der Waals surface area contributed by atoms with Gasteiger partial charge in [0.1, 0.15) is 0 Å². The van der Waals surface area contributed by atoms with Crippen LogP contribution in [0.1, 0.15) is 48.4 Å². The average Bonchev–Trinajstić information content (AvgIpc) is 2.80. The van der Waals surface area contributed by atoms with Gasteiger partial charge in [0.15, 0.2) is 0 Å². The van der Waals surface area contributed by atoms with Crippen LogP contribution in [-0.4, -0.2) is 0 Å². The normalized spacial score (nSPS) is 19.6. The molecule has 0 heterocycles. The Kier molecular flexibility index (Phi) is 2.63. The number of benzene rings is 2. The summed E-state index contributed by atoms with van der Waals surface area (Å²) in [5.41, 5.74) is 10.9. The SMILES string of the molecule is NC(CC1CCC1)c1ccc2c3c(cccc13)CC2. The van der Waals surface area contributed by atoms with Crippen LogP contribution in [0.3, 0.4) is 0 Å². The molecule has 1 atom stereocenters. The molecule has 2 aromatic carbocycles. The Morgan fingerprint density at radius 1 is 1.05 bits per heavy atom. The van der Waals surface area contributed by atoms with Crippen LogP contribution in [0.2, 0.25) is 0 Å². The Hall–Kier alpha value is -1.34. The summed E-state index contributed by atoms with van der Waals surface area (Å²) in [4.78, 5) is 0. The van der Waals surface area contributed by atoms with E-state index in [-0.39, 0.29) is 6.04 Å². The van der Waals surface area contributed by atoms with Crippen LogP contribution >= 0.6 is 0 Å². The Morgan fingerprint density at radius 3 is 2.58 bits per heavy atom. The molecule has 0 aromatic heterocycles. The predicted molar refractivity (Wildman–Crippen MR) is 80.2 cm³/mol. The van der Waals surface area contributed by atoms with Crippen molar-refractivity contribution >= 4 is 10.8 Å². The molecule has 1 saturated carbocycles. The molecule has 0 spiro atoms. The van der Waals surface area contributed by atoms with Gasteiger partial charge in [0.05, 0.1) is 0 Å². The van der Waals surface area contributed by atoms with Crippen molar-refractivity contribution in [2.75, 3.05) is 0 Å². The van der Waals surface area contributed by atoms with Crippen molar-refractivity contribution in [1.29, 1.82) is 0 Å². The highest BCUT2D eigenvalue weighted by Gasteiger charge is 2.23. The second-order valence-electron chi connectivity index (χ2n) is 6.29. The molecular weight excluding hydrogens is 230 g/mol. The lowest BCUT2D eigenvalue weighted by Gasteiger charge is -2.28. The Bertz CT molecular complexity index is 615. The largest absolute Gasteiger partial charge is 0.324 e. The maximum absolute atomic E-state index is 6.49. The van der Waals surface area contributed by atoms with E-state index in [1.54, 1.807) is 0 Å². The van der Waals surface area contributed by atoms with Crippen molar-refractivity contribution in [3.63, 3.8) is 0 Å². The monoisotopic (exact) mass is 251 g/mol. The van der Waals surface area contributed by atoms with Crippen LogP contribution in [0, 0.1) is 5.92 Å². The molecule has 1 heteroatoms. The van der Waals surface area contributed by atoms with Gasteiger partial charge in [-0.3, -0.25) is 0 Å². The third-order valence-corrected chi connectivity index (χ3v) is 5.12. The van der Waals surface area contributed by atoms with Crippen molar-refractivity contribution < 1.29 is 0 Å². The highest BCUT2D eigenvalue weighted by molar-refractivity contribution is 5.93. The third kappa shape index (κ3) is 1.80. The molecule has 0 radical (unpaired) electrons. The second-order valence-corrected chi connectivity index (χ2v) is 6.29. The minimum atomic E-state index is 0.218. The van der Waals surface area contributed by atoms with Crippen molar-refractivity contribution in [2.45, 2.75) is 44.6 Å². The summed E-state index contributed by atoms with van der Waals surface area (Å²) in [5, 5.41) is 2.92. The van der Waals surface area contributed by atoms with Gasteiger partial charge in [-0.2, -0.15) is 0 Å². The van der Waals surface area contributed by atoms with Crippen LogP contribution in [0.15, 0.2) is 30.3 Å². The van der Waals surface area contributed by atoms with E-state index < -0.39 is 0 Å². The fraction of sp³-hybridized carbons (Fsp3) is 0.444. The molecule has 0 amide bonds. The van der Waals surface area contributed by atoms with Crippen molar-refractivity contribution in [2.24, 2.45) is 11.7 Å². The zero-order chi connectivity index (χ0) is 12.8. The molecule has 2 aliphatic rings. The lowest BCUT2D eigenvalue weighted by atomic mass is 9.79. The van der Waals surface area contributed by atoms with Crippen molar-refractivity contribution in [3.05, 3.63) is 47.0 Å². The summed E-state index contributed by atoms with van der Waals surface area (Å²) in [7, 11) is 0. The van der Waals surface area contributed by atoms with E-state index in [1.165, 1.54) is 66.0 Å². The van der Waals surface area contributed by atoms with Crippen LogP contribution in [0.5, 0.6) is 0 Å². The summed E-state index contributed by atoms with van der Waals surface area (Å²) in [6.45, 7) is 0. The van der Waals surface area contributed by atoms with Gasteiger partial charge in [-0.15, -0.1) is 0 Å². The van der Waals surface area contributed by atoms with Gasteiger partial charge in [-0.05, 0) is 52.6 Å². The number of nitrogens with two attached hydrogens (primary N) is 1. The molecule has 0 aliphatic heterocycles. The molecule has 2 aliphatic carbocycles. The zero-order valence-electron chi connectivity index (χ0n) is 11.4. The van der Waals surface area contributed by atoms with Gasteiger partial charge in [0.2, 0.25) is 0 Å². The molecule has 0 bridgehead atoms. The molecule has 1 fully saturated rings. The molecule has 1 unspecified atom stereocenters. The molecule has 1 nitrogen and oxygen atoms in total. The number of hydrogen-bond donors (Lipinski definition) is 1. The van der Waals surface area contributed by atoms with Gasteiger partial charge < -0.3 is 5.73 Å². The summed E-state index contributed by atoms with van der Waals surface area (Å²) in [6.07, 6.45) is 7.74. The summed E-state index contributed by atoms with van der Waals surface area (Å²) in [5.74, 6) is 0.873. The minimum Gasteiger partial charge on any atom is -0.324 e. The fourth-order valence-corrected chi connectivity index (χ4v) is 3.81. The van der Waals surface area contributed by atoms with E-state index in [0.717, 1.165) is 5.92 Å². The van der Waals surface area contributed by atoms with Gasteiger partial charge in [-0.1, -0.05) is 49.6 Å². The van der Waals surface area contributed by atoms with E-state index in [9.17, 15) is 0 Å². The van der Waals surface area contributed by atoms with Crippen LogP contribution in [-0.2, 0) is 12.8 Å². The van der Waals surface area contributed by atoms with E-state index in [0.29, 0.717) is 0 Å². The smallest absolute Gasteiger partial charge is 0.0303 e. The quantitative estimate of drug-likeness (QED) is 0.872. The first-order valence-electron chi connectivity index (χ1n) is 7.62.